The monoisotopic (exact) mass is 244 g/mol. The number of carbonyl (C=O) groups excluding carboxylic acids is 1. The molecule has 0 spiro atoms. The lowest BCUT2D eigenvalue weighted by Crippen LogP contribution is -2.52. The quantitative estimate of drug-likeness (QED) is 0.786. The molecule has 94 valence electrons. The molecule has 1 saturated heterocycles. The number of piperazine rings is 1. The number of H-pyrrole nitrogens is 1. The predicted octanol–water partition coefficient (Wildman–Crippen LogP) is 0.997. The molecule has 2 aromatic rings. The van der Waals surface area contributed by atoms with E-state index in [-0.39, 0.29) is 11.9 Å². The fourth-order valence-electron chi connectivity index (χ4n) is 2.45. The maximum atomic E-state index is 12.6. The summed E-state index contributed by atoms with van der Waals surface area (Å²) in [6.07, 6.45) is 1.72. The number of nitrogens with one attached hydrogen (secondary N) is 2. The van der Waals surface area contributed by atoms with Crippen molar-refractivity contribution in [3.63, 3.8) is 0 Å². The van der Waals surface area contributed by atoms with E-state index >= 15 is 0 Å². The van der Waals surface area contributed by atoms with Gasteiger partial charge in [0, 0.05) is 31.1 Å². The number of nitrogens with zero attached hydrogens (tertiary/aromatic N) is 2. The van der Waals surface area contributed by atoms with Crippen molar-refractivity contribution in [3.8, 4) is 0 Å². The van der Waals surface area contributed by atoms with Crippen LogP contribution in [0.4, 0.5) is 0 Å². The van der Waals surface area contributed by atoms with Crippen molar-refractivity contribution in [2.24, 2.45) is 0 Å². The highest BCUT2D eigenvalue weighted by atomic mass is 16.2. The number of fused-ring (bicyclic) bond motifs is 1. The van der Waals surface area contributed by atoms with Crippen molar-refractivity contribution >= 4 is 16.8 Å². The van der Waals surface area contributed by atoms with E-state index in [1.165, 1.54) is 0 Å². The molecule has 0 bridgehead atoms. The summed E-state index contributed by atoms with van der Waals surface area (Å²) >= 11 is 0. The van der Waals surface area contributed by atoms with Crippen LogP contribution in [0.2, 0.25) is 0 Å². The van der Waals surface area contributed by atoms with E-state index in [0.29, 0.717) is 0 Å². The minimum atomic E-state index is 0.0935. The van der Waals surface area contributed by atoms with Crippen LogP contribution in [0, 0.1) is 0 Å². The predicted molar refractivity (Wildman–Crippen MR) is 69.5 cm³/mol. The first kappa shape index (κ1) is 11.2. The van der Waals surface area contributed by atoms with Crippen LogP contribution in [0.1, 0.15) is 17.3 Å². The maximum absolute atomic E-state index is 12.6. The Balaban J connectivity index is 1.98. The molecular weight excluding hydrogens is 228 g/mol. The highest BCUT2D eigenvalue weighted by Crippen LogP contribution is 2.19. The van der Waals surface area contributed by atoms with Gasteiger partial charge >= 0.3 is 0 Å². The molecule has 2 heterocycles. The number of rotatable bonds is 1. The van der Waals surface area contributed by atoms with Gasteiger partial charge < -0.3 is 10.2 Å². The molecule has 0 radical (unpaired) electrons. The molecule has 1 fully saturated rings. The summed E-state index contributed by atoms with van der Waals surface area (Å²) in [6.45, 7) is 4.54. The molecule has 1 aliphatic rings. The van der Waals surface area contributed by atoms with Gasteiger partial charge in [0.15, 0.2) is 0 Å². The van der Waals surface area contributed by atoms with Crippen molar-refractivity contribution in [3.05, 3.63) is 30.0 Å². The number of hydrogen-bond donors (Lipinski definition) is 2. The summed E-state index contributed by atoms with van der Waals surface area (Å²) in [6, 6.07) is 5.92. The van der Waals surface area contributed by atoms with Crippen LogP contribution < -0.4 is 5.32 Å². The first-order valence-electron chi connectivity index (χ1n) is 6.21. The van der Waals surface area contributed by atoms with E-state index < -0.39 is 0 Å². The van der Waals surface area contributed by atoms with Crippen LogP contribution in [0.3, 0.4) is 0 Å². The lowest BCUT2D eigenvalue weighted by molar-refractivity contribution is 0.0658. The fourth-order valence-corrected chi connectivity index (χ4v) is 2.45. The smallest absolute Gasteiger partial charge is 0.254 e. The van der Waals surface area contributed by atoms with E-state index in [0.717, 1.165) is 36.1 Å². The van der Waals surface area contributed by atoms with Gasteiger partial charge in [0.05, 0.1) is 17.3 Å². The second-order valence-electron chi connectivity index (χ2n) is 4.69. The van der Waals surface area contributed by atoms with E-state index in [2.05, 4.69) is 22.4 Å². The first-order chi connectivity index (χ1) is 8.77. The first-order valence-corrected chi connectivity index (χ1v) is 6.21. The fraction of sp³-hybridized carbons (Fsp3) is 0.385. The summed E-state index contributed by atoms with van der Waals surface area (Å²) in [7, 11) is 0. The van der Waals surface area contributed by atoms with Gasteiger partial charge in [-0.15, -0.1) is 0 Å². The lowest BCUT2D eigenvalue weighted by Gasteiger charge is -2.34. The Morgan fingerprint density at radius 1 is 1.50 bits per heavy atom. The zero-order valence-electron chi connectivity index (χ0n) is 10.3. The molecule has 1 aromatic carbocycles. The molecule has 5 nitrogen and oxygen atoms in total. The summed E-state index contributed by atoms with van der Waals surface area (Å²) in [5, 5.41) is 11.1. The second kappa shape index (κ2) is 4.42. The molecule has 1 aromatic heterocycles. The SMILES string of the molecule is C[C@H]1CNCCN1C(=O)c1cccc2[nH]ncc12. The molecule has 0 aliphatic carbocycles. The third-order valence-corrected chi connectivity index (χ3v) is 3.48. The number of carbonyl (C=O) groups is 1. The number of amides is 1. The highest BCUT2D eigenvalue weighted by Gasteiger charge is 2.25. The minimum Gasteiger partial charge on any atom is -0.333 e. The van der Waals surface area contributed by atoms with Crippen LogP contribution in [0.25, 0.3) is 10.9 Å². The summed E-state index contributed by atoms with van der Waals surface area (Å²) in [4.78, 5) is 14.5. The van der Waals surface area contributed by atoms with Gasteiger partial charge in [-0.05, 0) is 19.1 Å². The average Bonchev–Trinajstić information content (AvgIpc) is 2.86. The lowest BCUT2D eigenvalue weighted by atomic mass is 10.1. The molecule has 1 aliphatic heterocycles. The Bertz CT molecular complexity index is 577. The second-order valence-corrected chi connectivity index (χ2v) is 4.69. The molecule has 1 atom stereocenters. The molecule has 5 heteroatoms. The molecule has 1 amide bonds. The Morgan fingerprint density at radius 3 is 3.22 bits per heavy atom. The number of hydrogen-bond acceptors (Lipinski definition) is 3. The van der Waals surface area contributed by atoms with Crippen molar-refractivity contribution in [2.75, 3.05) is 19.6 Å². The standard InChI is InChI=1S/C13H16N4O/c1-9-7-14-5-6-17(9)13(18)10-3-2-4-12-11(10)8-15-16-12/h2-4,8-9,14H,5-7H2,1H3,(H,15,16)/t9-/m0/s1. The van der Waals surface area contributed by atoms with Gasteiger partial charge in [0.2, 0.25) is 0 Å². The number of benzene rings is 1. The van der Waals surface area contributed by atoms with Gasteiger partial charge in [0.1, 0.15) is 0 Å². The zero-order chi connectivity index (χ0) is 12.5. The van der Waals surface area contributed by atoms with Gasteiger partial charge in [-0.2, -0.15) is 5.10 Å². The number of aromatic nitrogens is 2. The largest absolute Gasteiger partial charge is 0.333 e. The van der Waals surface area contributed by atoms with Crippen LogP contribution in [0.15, 0.2) is 24.4 Å². The Kier molecular flexibility index (Phi) is 2.76. The maximum Gasteiger partial charge on any atom is 0.254 e. The van der Waals surface area contributed by atoms with E-state index in [4.69, 9.17) is 0 Å². The summed E-state index contributed by atoms with van der Waals surface area (Å²) in [5.41, 5.74) is 1.64. The van der Waals surface area contributed by atoms with Gasteiger partial charge in [0.25, 0.3) is 5.91 Å². The molecule has 2 N–H and O–H groups in total. The Labute approximate surface area is 105 Å². The highest BCUT2D eigenvalue weighted by molar-refractivity contribution is 6.06. The van der Waals surface area contributed by atoms with E-state index in [9.17, 15) is 4.79 Å². The molecule has 0 unspecified atom stereocenters. The average molecular weight is 244 g/mol. The van der Waals surface area contributed by atoms with Crippen molar-refractivity contribution < 1.29 is 4.79 Å². The molecular formula is C13H16N4O. The normalized spacial score (nSPS) is 20.3. The van der Waals surface area contributed by atoms with Crippen LogP contribution in [-0.2, 0) is 0 Å². The van der Waals surface area contributed by atoms with Crippen LogP contribution in [0.5, 0.6) is 0 Å². The topological polar surface area (TPSA) is 61.0 Å². The van der Waals surface area contributed by atoms with Crippen LogP contribution in [-0.4, -0.2) is 46.7 Å². The van der Waals surface area contributed by atoms with Crippen molar-refractivity contribution in [1.29, 1.82) is 0 Å². The van der Waals surface area contributed by atoms with Gasteiger partial charge in [-0.1, -0.05) is 6.07 Å². The number of aromatic amines is 1. The van der Waals surface area contributed by atoms with Gasteiger partial charge in [-0.25, -0.2) is 0 Å². The summed E-state index contributed by atoms with van der Waals surface area (Å²) < 4.78 is 0. The molecule has 3 rings (SSSR count). The Hall–Kier alpha value is -1.88. The van der Waals surface area contributed by atoms with Crippen molar-refractivity contribution in [1.82, 2.24) is 20.4 Å². The van der Waals surface area contributed by atoms with E-state index in [1.807, 2.05) is 23.1 Å². The zero-order valence-corrected chi connectivity index (χ0v) is 10.3. The van der Waals surface area contributed by atoms with Crippen LogP contribution >= 0.6 is 0 Å². The summed E-state index contributed by atoms with van der Waals surface area (Å²) in [5.74, 6) is 0.0935. The molecule has 18 heavy (non-hydrogen) atoms. The van der Waals surface area contributed by atoms with Crippen molar-refractivity contribution in [2.45, 2.75) is 13.0 Å². The van der Waals surface area contributed by atoms with Gasteiger partial charge in [-0.3, -0.25) is 9.89 Å². The minimum absolute atomic E-state index is 0.0935. The van der Waals surface area contributed by atoms with E-state index in [1.54, 1.807) is 6.20 Å². The molecule has 0 saturated carbocycles. The Morgan fingerprint density at radius 2 is 2.39 bits per heavy atom. The third-order valence-electron chi connectivity index (χ3n) is 3.48. The third kappa shape index (κ3) is 1.76.